The van der Waals surface area contributed by atoms with Gasteiger partial charge in [0.1, 0.15) is 5.66 Å². The summed E-state index contributed by atoms with van der Waals surface area (Å²) in [5.74, 6) is 1.56. The quantitative estimate of drug-likeness (QED) is 0.608. The number of aryl methyl sites for hydroxylation is 1. The molecule has 4 rings (SSSR count). The number of rotatable bonds is 7. The summed E-state index contributed by atoms with van der Waals surface area (Å²) in [4.78, 5) is 14.9. The van der Waals surface area contributed by atoms with Gasteiger partial charge in [0.25, 0.3) is 0 Å². The van der Waals surface area contributed by atoms with Crippen LogP contribution in [0.25, 0.3) is 6.08 Å². The van der Waals surface area contributed by atoms with E-state index in [0.717, 1.165) is 29.9 Å². The van der Waals surface area contributed by atoms with Crippen LogP contribution < -0.4 is 19.7 Å². The minimum atomic E-state index is -0.623. The molecule has 2 aromatic rings. The standard InChI is InChI=1S/C27H34N2O3/c1-6-7-16-32-23-11-9-20(18-24(23)31-5)12-14-27-26(3,4)21-17-19(2)8-10-22(21)29(27)15-13-25(30)28-27/h8-12,14,17-18H,6-7,13,15-16H2,1-5H3,(H,28,30)/b14-12+/t27-/m0/s1. The lowest BCUT2D eigenvalue weighted by molar-refractivity contribution is -0.124. The Morgan fingerprint density at radius 3 is 2.72 bits per heavy atom. The summed E-state index contributed by atoms with van der Waals surface area (Å²) < 4.78 is 11.4. The average molecular weight is 435 g/mol. The Labute approximate surface area is 191 Å². The predicted molar refractivity (Wildman–Crippen MR) is 129 cm³/mol. The fraction of sp³-hybridized carbons (Fsp3) is 0.444. The van der Waals surface area contributed by atoms with Gasteiger partial charge in [0.05, 0.1) is 13.7 Å². The smallest absolute Gasteiger partial charge is 0.223 e. The number of nitrogens with zero attached hydrogens (tertiary/aromatic N) is 1. The zero-order valence-electron chi connectivity index (χ0n) is 19.8. The maximum absolute atomic E-state index is 12.6. The fourth-order valence-corrected chi connectivity index (χ4v) is 4.92. The van der Waals surface area contributed by atoms with Gasteiger partial charge in [-0.25, -0.2) is 0 Å². The van der Waals surface area contributed by atoms with Crippen LogP contribution in [-0.4, -0.2) is 31.8 Å². The van der Waals surface area contributed by atoms with E-state index in [1.807, 2.05) is 18.2 Å². The molecule has 0 bridgehead atoms. The van der Waals surface area contributed by atoms with E-state index in [9.17, 15) is 4.79 Å². The first kappa shape index (κ1) is 22.3. The number of benzene rings is 2. The lowest BCUT2D eigenvalue weighted by Crippen LogP contribution is -2.68. The highest BCUT2D eigenvalue weighted by Crippen LogP contribution is 2.52. The molecule has 5 nitrogen and oxygen atoms in total. The van der Waals surface area contributed by atoms with Crippen molar-refractivity contribution >= 4 is 17.7 Å². The number of anilines is 1. The molecule has 1 atom stereocenters. The topological polar surface area (TPSA) is 50.8 Å². The molecule has 1 fully saturated rings. The van der Waals surface area contributed by atoms with Crippen molar-refractivity contribution in [2.24, 2.45) is 0 Å². The van der Waals surface area contributed by atoms with Crippen LogP contribution in [0.15, 0.2) is 42.5 Å². The van der Waals surface area contributed by atoms with Crippen LogP contribution in [0.2, 0.25) is 0 Å². The third kappa shape index (κ3) is 3.64. The molecule has 1 saturated heterocycles. The molecule has 0 saturated carbocycles. The molecule has 5 heteroatoms. The van der Waals surface area contributed by atoms with Gasteiger partial charge in [-0.1, -0.05) is 57.0 Å². The minimum Gasteiger partial charge on any atom is -0.493 e. The highest BCUT2D eigenvalue weighted by molar-refractivity contribution is 5.84. The Hall–Kier alpha value is -2.95. The maximum atomic E-state index is 12.6. The second-order valence-corrected chi connectivity index (χ2v) is 9.31. The number of carbonyl (C=O) groups excluding carboxylic acids is 1. The molecule has 1 amide bonds. The summed E-state index contributed by atoms with van der Waals surface area (Å²) >= 11 is 0. The van der Waals surface area contributed by atoms with Crippen molar-refractivity contribution in [1.29, 1.82) is 0 Å². The van der Waals surface area contributed by atoms with Crippen molar-refractivity contribution in [3.8, 4) is 11.5 Å². The molecule has 170 valence electrons. The van der Waals surface area contributed by atoms with E-state index in [4.69, 9.17) is 9.47 Å². The van der Waals surface area contributed by atoms with E-state index in [1.54, 1.807) is 7.11 Å². The third-order valence-corrected chi connectivity index (χ3v) is 6.85. The predicted octanol–water partition coefficient (Wildman–Crippen LogP) is 5.21. The SMILES string of the molecule is CCCCOc1ccc(/C=C/[C@]23NC(=O)CCN2c2ccc(C)cc2C3(C)C)cc1OC. The summed E-state index contributed by atoms with van der Waals surface area (Å²) in [6.45, 7) is 10.1. The van der Waals surface area contributed by atoms with E-state index < -0.39 is 5.66 Å². The van der Waals surface area contributed by atoms with Crippen molar-refractivity contribution < 1.29 is 14.3 Å². The van der Waals surface area contributed by atoms with Crippen molar-refractivity contribution in [2.45, 2.75) is 58.0 Å². The van der Waals surface area contributed by atoms with E-state index in [2.05, 4.69) is 68.3 Å². The molecule has 0 unspecified atom stereocenters. The molecule has 0 aliphatic carbocycles. The maximum Gasteiger partial charge on any atom is 0.223 e. The van der Waals surface area contributed by atoms with Crippen LogP contribution in [-0.2, 0) is 10.2 Å². The molecule has 2 aliphatic rings. The number of unbranched alkanes of at least 4 members (excludes halogenated alkanes) is 1. The van der Waals surface area contributed by atoms with E-state index in [-0.39, 0.29) is 11.3 Å². The van der Waals surface area contributed by atoms with Crippen LogP contribution in [0.5, 0.6) is 11.5 Å². The molecular weight excluding hydrogens is 400 g/mol. The summed E-state index contributed by atoms with van der Waals surface area (Å²) in [6, 6.07) is 12.6. The summed E-state index contributed by atoms with van der Waals surface area (Å²) in [7, 11) is 1.66. The Bertz CT molecular complexity index is 1040. The van der Waals surface area contributed by atoms with Gasteiger partial charge in [-0.15, -0.1) is 0 Å². The average Bonchev–Trinajstić information content (AvgIpc) is 2.96. The zero-order valence-corrected chi connectivity index (χ0v) is 19.8. The van der Waals surface area contributed by atoms with Gasteiger partial charge in [-0.05, 0) is 48.7 Å². The molecule has 0 radical (unpaired) electrons. The van der Waals surface area contributed by atoms with E-state index in [1.165, 1.54) is 16.8 Å². The van der Waals surface area contributed by atoms with Gasteiger partial charge in [0.15, 0.2) is 11.5 Å². The van der Waals surface area contributed by atoms with Crippen molar-refractivity contribution in [3.63, 3.8) is 0 Å². The van der Waals surface area contributed by atoms with Gasteiger partial charge in [-0.3, -0.25) is 4.79 Å². The molecular formula is C27H34N2O3. The van der Waals surface area contributed by atoms with E-state index >= 15 is 0 Å². The van der Waals surface area contributed by atoms with Crippen molar-refractivity contribution in [1.82, 2.24) is 5.32 Å². The number of hydrogen-bond donors (Lipinski definition) is 1. The molecule has 32 heavy (non-hydrogen) atoms. The van der Waals surface area contributed by atoms with Crippen LogP contribution in [0.3, 0.4) is 0 Å². The van der Waals surface area contributed by atoms with Gasteiger partial charge < -0.3 is 19.7 Å². The second kappa shape index (κ2) is 8.53. The van der Waals surface area contributed by atoms with Crippen LogP contribution in [0, 0.1) is 6.92 Å². The molecule has 0 aromatic heterocycles. The highest BCUT2D eigenvalue weighted by Gasteiger charge is 2.57. The van der Waals surface area contributed by atoms with Gasteiger partial charge in [-0.2, -0.15) is 0 Å². The van der Waals surface area contributed by atoms with Crippen LogP contribution in [0.4, 0.5) is 5.69 Å². The number of methoxy groups -OCH3 is 1. The number of fused-ring (bicyclic) bond motifs is 3. The number of nitrogens with one attached hydrogen (secondary N) is 1. The first-order valence-corrected chi connectivity index (χ1v) is 11.5. The fourth-order valence-electron chi connectivity index (χ4n) is 4.92. The zero-order chi connectivity index (χ0) is 22.9. The molecule has 1 N–H and O–H groups in total. The number of ether oxygens (including phenoxy) is 2. The van der Waals surface area contributed by atoms with Crippen LogP contribution in [0.1, 0.15) is 56.7 Å². The monoisotopic (exact) mass is 434 g/mol. The summed E-state index contributed by atoms with van der Waals surface area (Å²) in [5.41, 5.74) is 3.77. The number of carbonyl (C=O) groups is 1. The Morgan fingerprint density at radius 2 is 1.97 bits per heavy atom. The Kier molecular flexibility index (Phi) is 5.93. The number of amides is 1. The summed E-state index contributed by atoms with van der Waals surface area (Å²) in [6.07, 6.45) is 6.82. The van der Waals surface area contributed by atoms with Crippen molar-refractivity contribution in [2.75, 3.05) is 25.2 Å². The first-order chi connectivity index (χ1) is 15.3. The third-order valence-electron chi connectivity index (χ3n) is 6.85. The minimum absolute atomic E-state index is 0.0840. The first-order valence-electron chi connectivity index (χ1n) is 11.5. The van der Waals surface area contributed by atoms with Crippen molar-refractivity contribution in [3.05, 3.63) is 59.2 Å². The summed E-state index contributed by atoms with van der Waals surface area (Å²) in [5, 5.41) is 3.34. The lowest BCUT2D eigenvalue weighted by Gasteiger charge is -2.49. The molecule has 2 heterocycles. The molecule has 2 aliphatic heterocycles. The largest absolute Gasteiger partial charge is 0.493 e. The van der Waals surface area contributed by atoms with Gasteiger partial charge in [0, 0.05) is 24.1 Å². The molecule has 0 spiro atoms. The van der Waals surface area contributed by atoms with E-state index in [0.29, 0.717) is 19.6 Å². The lowest BCUT2D eigenvalue weighted by atomic mass is 9.74. The van der Waals surface area contributed by atoms with Gasteiger partial charge in [0.2, 0.25) is 5.91 Å². The van der Waals surface area contributed by atoms with Gasteiger partial charge >= 0.3 is 0 Å². The Balaban J connectivity index is 1.70. The molecule has 2 aromatic carbocycles. The number of hydrogen-bond acceptors (Lipinski definition) is 4. The highest BCUT2D eigenvalue weighted by atomic mass is 16.5. The normalized spacial score (nSPS) is 21.3. The Morgan fingerprint density at radius 1 is 1.16 bits per heavy atom. The van der Waals surface area contributed by atoms with Crippen LogP contribution >= 0.6 is 0 Å². The second-order valence-electron chi connectivity index (χ2n) is 9.31.